The predicted molar refractivity (Wildman–Crippen MR) is 143 cm³/mol. The van der Waals surface area contributed by atoms with Crippen molar-refractivity contribution in [3.8, 4) is 33.4 Å². The highest BCUT2D eigenvalue weighted by molar-refractivity contribution is 6.30. The lowest BCUT2D eigenvalue weighted by Crippen LogP contribution is -1.91. The molecule has 0 aliphatic rings. The Kier molecular flexibility index (Phi) is 4.94. The van der Waals surface area contributed by atoms with Gasteiger partial charge >= 0.3 is 0 Å². The van der Waals surface area contributed by atoms with Crippen LogP contribution in [0.5, 0.6) is 0 Å². The second-order valence-corrected chi connectivity index (χ2v) is 8.73. The van der Waals surface area contributed by atoms with Crippen molar-refractivity contribution < 1.29 is 0 Å². The number of rotatable bonds is 3. The van der Waals surface area contributed by atoms with E-state index >= 15 is 0 Å². The van der Waals surface area contributed by atoms with E-state index in [-0.39, 0.29) is 0 Å². The quantitative estimate of drug-likeness (QED) is 0.240. The SMILES string of the molecule is Clc1cccc(-c2cccc(-c3c4ccccc4c(-c4ccccc4)c4ccccc34)c2)c1. The van der Waals surface area contributed by atoms with Gasteiger partial charge in [0.25, 0.3) is 0 Å². The molecule has 6 rings (SSSR count). The summed E-state index contributed by atoms with van der Waals surface area (Å²) in [6.45, 7) is 0. The van der Waals surface area contributed by atoms with Gasteiger partial charge in [-0.15, -0.1) is 0 Å². The summed E-state index contributed by atoms with van der Waals surface area (Å²) in [6.07, 6.45) is 0. The van der Waals surface area contributed by atoms with E-state index in [1.54, 1.807) is 0 Å². The van der Waals surface area contributed by atoms with E-state index in [4.69, 9.17) is 11.6 Å². The summed E-state index contributed by atoms with van der Waals surface area (Å²) in [7, 11) is 0. The van der Waals surface area contributed by atoms with Crippen LogP contribution in [0.4, 0.5) is 0 Å². The average Bonchev–Trinajstić information content (AvgIpc) is 2.88. The Bertz CT molecular complexity index is 1560. The van der Waals surface area contributed by atoms with Gasteiger partial charge in [0.2, 0.25) is 0 Å². The van der Waals surface area contributed by atoms with Gasteiger partial charge in [-0.25, -0.2) is 0 Å². The van der Waals surface area contributed by atoms with Crippen LogP contribution in [0.15, 0.2) is 127 Å². The molecule has 0 fully saturated rings. The Morgan fingerprint density at radius 2 is 0.758 bits per heavy atom. The van der Waals surface area contributed by atoms with Crippen LogP contribution >= 0.6 is 11.6 Å². The topological polar surface area (TPSA) is 0 Å². The zero-order valence-electron chi connectivity index (χ0n) is 18.0. The molecule has 0 saturated heterocycles. The highest BCUT2D eigenvalue weighted by Crippen LogP contribution is 2.44. The summed E-state index contributed by atoms with van der Waals surface area (Å²) in [5.41, 5.74) is 7.29. The van der Waals surface area contributed by atoms with Crippen LogP contribution in [0, 0.1) is 0 Å². The van der Waals surface area contributed by atoms with Crippen LogP contribution in [0.2, 0.25) is 5.02 Å². The number of hydrogen-bond donors (Lipinski definition) is 0. The summed E-state index contributed by atoms with van der Waals surface area (Å²) in [6, 6.07) is 45.1. The van der Waals surface area contributed by atoms with Gasteiger partial charge in [0, 0.05) is 5.02 Å². The van der Waals surface area contributed by atoms with E-state index < -0.39 is 0 Å². The summed E-state index contributed by atoms with van der Waals surface area (Å²) < 4.78 is 0. The third-order valence-electron chi connectivity index (χ3n) is 6.30. The average molecular weight is 441 g/mol. The van der Waals surface area contributed by atoms with Crippen LogP contribution in [0.3, 0.4) is 0 Å². The first-order valence-electron chi connectivity index (χ1n) is 11.1. The molecule has 0 aromatic heterocycles. The van der Waals surface area contributed by atoms with Crippen LogP contribution < -0.4 is 0 Å². The molecule has 0 unspecified atom stereocenters. The van der Waals surface area contributed by atoms with Gasteiger partial charge in [0.15, 0.2) is 0 Å². The normalized spacial score (nSPS) is 11.2. The first-order chi connectivity index (χ1) is 16.3. The second kappa shape index (κ2) is 8.24. The minimum Gasteiger partial charge on any atom is -0.0843 e. The van der Waals surface area contributed by atoms with Gasteiger partial charge in [-0.2, -0.15) is 0 Å². The lowest BCUT2D eigenvalue weighted by Gasteiger charge is -2.18. The molecule has 0 aliphatic carbocycles. The molecule has 0 nitrogen and oxygen atoms in total. The largest absolute Gasteiger partial charge is 0.0843 e. The molecule has 0 bridgehead atoms. The van der Waals surface area contributed by atoms with E-state index in [2.05, 4.69) is 109 Å². The van der Waals surface area contributed by atoms with E-state index in [0.717, 1.165) is 16.1 Å². The molecule has 0 radical (unpaired) electrons. The van der Waals surface area contributed by atoms with E-state index in [1.165, 1.54) is 43.8 Å². The molecule has 0 atom stereocenters. The lowest BCUT2D eigenvalue weighted by atomic mass is 9.85. The fourth-order valence-corrected chi connectivity index (χ4v) is 5.07. The Morgan fingerprint density at radius 3 is 1.33 bits per heavy atom. The molecule has 0 spiro atoms. The summed E-state index contributed by atoms with van der Waals surface area (Å²) in [5.74, 6) is 0. The van der Waals surface area contributed by atoms with Crippen LogP contribution in [0.25, 0.3) is 54.9 Å². The van der Waals surface area contributed by atoms with Gasteiger partial charge in [-0.3, -0.25) is 0 Å². The summed E-state index contributed by atoms with van der Waals surface area (Å²) in [5, 5.41) is 5.81. The monoisotopic (exact) mass is 440 g/mol. The van der Waals surface area contributed by atoms with Crippen LogP contribution in [-0.4, -0.2) is 0 Å². The molecular formula is C32H21Cl. The Morgan fingerprint density at radius 1 is 0.333 bits per heavy atom. The van der Waals surface area contributed by atoms with Crippen molar-refractivity contribution in [3.05, 3.63) is 132 Å². The minimum absolute atomic E-state index is 0.751. The molecule has 0 N–H and O–H groups in total. The second-order valence-electron chi connectivity index (χ2n) is 8.30. The highest BCUT2D eigenvalue weighted by atomic mass is 35.5. The van der Waals surface area contributed by atoms with Crippen molar-refractivity contribution in [3.63, 3.8) is 0 Å². The minimum atomic E-state index is 0.751. The molecule has 0 aliphatic heterocycles. The number of hydrogen-bond acceptors (Lipinski definition) is 0. The molecule has 156 valence electrons. The maximum Gasteiger partial charge on any atom is 0.0412 e. The van der Waals surface area contributed by atoms with E-state index in [9.17, 15) is 0 Å². The van der Waals surface area contributed by atoms with Crippen molar-refractivity contribution in [2.45, 2.75) is 0 Å². The van der Waals surface area contributed by atoms with Crippen LogP contribution in [0.1, 0.15) is 0 Å². The van der Waals surface area contributed by atoms with Gasteiger partial charge in [0.1, 0.15) is 0 Å². The third kappa shape index (κ3) is 3.50. The molecular weight excluding hydrogens is 420 g/mol. The van der Waals surface area contributed by atoms with Gasteiger partial charge < -0.3 is 0 Å². The number of benzene rings is 6. The van der Waals surface area contributed by atoms with Crippen molar-refractivity contribution in [2.24, 2.45) is 0 Å². The number of halogens is 1. The van der Waals surface area contributed by atoms with Crippen molar-refractivity contribution in [1.29, 1.82) is 0 Å². The molecule has 0 amide bonds. The van der Waals surface area contributed by atoms with E-state index in [1.807, 2.05) is 18.2 Å². The van der Waals surface area contributed by atoms with Gasteiger partial charge in [-0.05, 0) is 73.1 Å². The third-order valence-corrected chi connectivity index (χ3v) is 6.54. The highest BCUT2D eigenvalue weighted by Gasteiger charge is 2.16. The first kappa shape index (κ1) is 19.8. The predicted octanol–water partition coefficient (Wildman–Crippen LogP) is 9.65. The molecule has 6 aromatic rings. The smallest absolute Gasteiger partial charge is 0.0412 e. The van der Waals surface area contributed by atoms with E-state index in [0.29, 0.717) is 0 Å². The molecule has 6 aromatic carbocycles. The summed E-state index contributed by atoms with van der Waals surface area (Å²) in [4.78, 5) is 0. The first-order valence-corrected chi connectivity index (χ1v) is 11.5. The van der Waals surface area contributed by atoms with Crippen molar-refractivity contribution in [1.82, 2.24) is 0 Å². The standard InChI is InChI=1S/C32H21Cl/c33-26-15-9-13-24(21-26)23-12-8-14-25(20-23)32-29-18-6-4-16-27(29)31(22-10-2-1-3-11-22)28-17-5-7-19-30(28)32/h1-21H. The zero-order chi connectivity index (χ0) is 22.2. The Hall–Kier alpha value is -3.87. The lowest BCUT2D eigenvalue weighted by molar-refractivity contribution is 1.61. The van der Waals surface area contributed by atoms with Crippen molar-refractivity contribution >= 4 is 33.1 Å². The summed E-state index contributed by atoms with van der Waals surface area (Å²) >= 11 is 6.28. The van der Waals surface area contributed by atoms with Crippen molar-refractivity contribution in [2.75, 3.05) is 0 Å². The molecule has 1 heteroatoms. The fraction of sp³-hybridized carbons (Fsp3) is 0. The van der Waals surface area contributed by atoms with Crippen LogP contribution in [-0.2, 0) is 0 Å². The molecule has 0 heterocycles. The zero-order valence-corrected chi connectivity index (χ0v) is 18.8. The van der Waals surface area contributed by atoms with Gasteiger partial charge in [0.05, 0.1) is 0 Å². The molecule has 0 saturated carbocycles. The fourth-order valence-electron chi connectivity index (χ4n) is 4.88. The molecule has 33 heavy (non-hydrogen) atoms. The van der Waals surface area contributed by atoms with Gasteiger partial charge in [-0.1, -0.05) is 121 Å². The Balaban J connectivity index is 1.69. The maximum atomic E-state index is 6.28. The maximum absolute atomic E-state index is 6.28. The Labute approximate surface area is 198 Å². The number of fused-ring (bicyclic) bond motifs is 2.